The van der Waals surface area contributed by atoms with Crippen LogP contribution in [-0.4, -0.2) is 55.2 Å². The summed E-state index contributed by atoms with van der Waals surface area (Å²) in [4.78, 5) is 2.58. The molecule has 1 aliphatic heterocycles. The van der Waals surface area contributed by atoms with Crippen molar-refractivity contribution >= 4 is 17.0 Å². The third-order valence-electron chi connectivity index (χ3n) is 4.48. The lowest BCUT2D eigenvalue weighted by Gasteiger charge is -2.34. The van der Waals surface area contributed by atoms with Gasteiger partial charge in [-0.25, -0.2) is 0 Å². The molecule has 0 saturated carbocycles. The van der Waals surface area contributed by atoms with Gasteiger partial charge in [-0.2, -0.15) is 0 Å². The fourth-order valence-electron chi connectivity index (χ4n) is 2.72. The number of nitrogens with zero attached hydrogens (tertiary/aromatic N) is 2. The number of likely N-dealkylation sites (N-methyl/N-ethyl adjacent to an activating group) is 1. The first-order chi connectivity index (χ1) is 8.26. The Morgan fingerprint density at radius 1 is 0.895 bits per heavy atom. The Bertz CT molecular complexity index is 214. The molecule has 0 spiro atoms. The highest BCUT2D eigenvalue weighted by Crippen LogP contribution is 2.09. The first-order valence-electron chi connectivity index (χ1n) is 7.48. The van der Waals surface area contributed by atoms with E-state index in [1.165, 1.54) is 63.0 Å². The van der Waals surface area contributed by atoms with Crippen LogP contribution in [0.15, 0.2) is 12.2 Å². The Morgan fingerprint density at radius 3 is 1.89 bits per heavy atom. The molecular formula is C15H32Br2N2. The van der Waals surface area contributed by atoms with E-state index in [0.717, 1.165) is 6.54 Å². The maximum atomic E-state index is 2.58. The van der Waals surface area contributed by atoms with Crippen LogP contribution in [0.4, 0.5) is 0 Å². The lowest BCUT2D eigenvalue weighted by molar-refractivity contribution is -0.917. The van der Waals surface area contributed by atoms with Gasteiger partial charge in [0.05, 0.1) is 26.2 Å². The van der Waals surface area contributed by atoms with E-state index in [-0.39, 0.29) is 34.0 Å². The van der Waals surface area contributed by atoms with Gasteiger partial charge in [0.2, 0.25) is 0 Å². The van der Waals surface area contributed by atoms with Gasteiger partial charge in [-0.05, 0) is 52.8 Å². The molecule has 1 heterocycles. The molecule has 0 radical (unpaired) electrons. The van der Waals surface area contributed by atoms with Gasteiger partial charge in [0.25, 0.3) is 0 Å². The van der Waals surface area contributed by atoms with Crippen LogP contribution in [0.25, 0.3) is 0 Å². The van der Waals surface area contributed by atoms with Crippen LogP contribution in [0.2, 0.25) is 0 Å². The summed E-state index contributed by atoms with van der Waals surface area (Å²) in [6, 6.07) is 0. The fraction of sp³-hybridized carbons (Fsp3) is 0.867. The van der Waals surface area contributed by atoms with E-state index >= 15 is 0 Å². The summed E-state index contributed by atoms with van der Waals surface area (Å²) in [5, 5.41) is 0. The molecule has 0 aromatic carbocycles. The van der Waals surface area contributed by atoms with Crippen molar-refractivity contribution in [2.45, 2.75) is 40.0 Å². The second kappa shape index (κ2) is 12.4. The first-order valence-corrected chi connectivity index (χ1v) is 7.48. The van der Waals surface area contributed by atoms with Gasteiger partial charge in [0.1, 0.15) is 0 Å². The minimum Gasteiger partial charge on any atom is -1.00 e. The van der Waals surface area contributed by atoms with Crippen LogP contribution in [0.3, 0.4) is 0 Å². The minimum atomic E-state index is 0. The normalized spacial score (nSPS) is 17.0. The van der Waals surface area contributed by atoms with E-state index in [9.17, 15) is 0 Å². The van der Waals surface area contributed by atoms with Crippen LogP contribution >= 0.6 is 17.0 Å². The molecule has 0 atom stereocenters. The largest absolute Gasteiger partial charge is 1.00 e. The van der Waals surface area contributed by atoms with E-state index in [1.54, 1.807) is 0 Å². The Morgan fingerprint density at radius 2 is 1.42 bits per heavy atom. The van der Waals surface area contributed by atoms with Gasteiger partial charge >= 0.3 is 0 Å². The van der Waals surface area contributed by atoms with Crippen molar-refractivity contribution in [3.8, 4) is 0 Å². The van der Waals surface area contributed by atoms with E-state index in [4.69, 9.17) is 0 Å². The summed E-state index contributed by atoms with van der Waals surface area (Å²) in [5.74, 6) is 0. The molecule has 0 bridgehead atoms. The second-order valence-electron chi connectivity index (χ2n) is 5.31. The number of rotatable bonds is 7. The van der Waals surface area contributed by atoms with Crippen molar-refractivity contribution in [1.29, 1.82) is 0 Å². The van der Waals surface area contributed by atoms with E-state index in [1.807, 2.05) is 0 Å². The standard InChI is InChI=1S/C15H31N2.2BrH/c1-4-17(5-2,6-3)15-11-10-14-16-12-8-7-9-13-16;;/h10-11H,4-9,12-15H2,1-3H3;2*1H/q+1;;/p-1/b11-10+;;. The lowest BCUT2D eigenvalue weighted by atomic mass is 10.1. The molecule has 1 aliphatic rings. The highest BCUT2D eigenvalue weighted by atomic mass is 79.9. The molecule has 2 nitrogen and oxygen atoms in total. The quantitative estimate of drug-likeness (QED) is 0.444. The molecule has 116 valence electrons. The number of hydrogen-bond donors (Lipinski definition) is 0. The number of hydrogen-bond acceptors (Lipinski definition) is 1. The van der Waals surface area contributed by atoms with Crippen LogP contribution in [0, 0.1) is 0 Å². The number of halogens is 2. The number of likely N-dealkylation sites (tertiary alicyclic amines) is 1. The van der Waals surface area contributed by atoms with Crippen LogP contribution < -0.4 is 17.0 Å². The molecule has 0 amide bonds. The number of piperidine rings is 1. The van der Waals surface area contributed by atoms with Crippen molar-refractivity contribution in [3.63, 3.8) is 0 Å². The first kappa shape index (κ1) is 21.9. The van der Waals surface area contributed by atoms with Crippen LogP contribution in [-0.2, 0) is 0 Å². The van der Waals surface area contributed by atoms with Crippen molar-refractivity contribution in [2.75, 3.05) is 45.8 Å². The van der Waals surface area contributed by atoms with Crippen molar-refractivity contribution in [2.24, 2.45) is 0 Å². The molecule has 19 heavy (non-hydrogen) atoms. The van der Waals surface area contributed by atoms with E-state index in [0.29, 0.717) is 0 Å². The summed E-state index contributed by atoms with van der Waals surface area (Å²) in [6.07, 6.45) is 9.02. The Kier molecular flexibility index (Phi) is 14.3. The molecule has 0 N–H and O–H groups in total. The maximum absolute atomic E-state index is 2.58. The summed E-state index contributed by atoms with van der Waals surface area (Å²) >= 11 is 0. The second-order valence-corrected chi connectivity index (χ2v) is 5.31. The van der Waals surface area contributed by atoms with E-state index < -0.39 is 0 Å². The van der Waals surface area contributed by atoms with Gasteiger partial charge in [-0.3, -0.25) is 4.90 Å². The van der Waals surface area contributed by atoms with Crippen molar-refractivity contribution < 1.29 is 21.5 Å². The summed E-state index contributed by atoms with van der Waals surface area (Å²) in [6.45, 7) is 15.7. The summed E-state index contributed by atoms with van der Waals surface area (Å²) < 4.78 is 1.23. The van der Waals surface area contributed by atoms with Gasteiger partial charge in [0.15, 0.2) is 0 Å². The van der Waals surface area contributed by atoms with Crippen molar-refractivity contribution in [1.82, 2.24) is 4.90 Å². The molecule has 0 aromatic heterocycles. The average Bonchev–Trinajstić information content (AvgIpc) is 2.41. The molecule has 1 rings (SSSR count). The molecule has 1 saturated heterocycles. The Labute approximate surface area is 141 Å². The van der Waals surface area contributed by atoms with Crippen LogP contribution in [0.5, 0.6) is 0 Å². The van der Waals surface area contributed by atoms with Gasteiger partial charge in [-0.15, -0.1) is 17.0 Å². The maximum Gasteiger partial charge on any atom is 0.0973 e. The molecule has 0 aliphatic carbocycles. The highest BCUT2D eigenvalue weighted by molar-refractivity contribution is 8.93. The van der Waals surface area contributed by atoms with Gasteiger partial charge in [0, 0.05) is 6.54 Å². The summed E-state index contributed by atoms with van der Waals surface area (Å²) in [5.41, 5.74) is 0. The van der Waals surface area contributed by atoms with Crippen molar-refractivity contribution in [3.05, 3.63) is 12.2 Å². The van der Waals surface area contributed by atoms with Gasteiger partial charge in [-0.1, -0.05) is 12.5 Å². The zero-order chi connectivity index (χ0) is 12.6. The smallest absolute Gasteiger partial charge is 0.0973 e. The predicted octanol–water partition coefficient (Wildman–Crippen LogP) is 0.487. The Hall–Kier alpha value is 0.620. The third kappa shape index (κ3) is 7.84. The Balaban J connectivity index is 0. The monoisotopic (exact) mass is 398 g/mol. The molecule has 0 aromatic rings. The van der Waals surface area contributed by atoms with Gasteiger partial charge < -0.3 is 21.5 Å². The summed E-state index contributed by atoms with van der Waals surface area (Å²) in [7, 11) is 0. The van der Waals surface area contributed by atoms with E-state index in [2.05, 4.69) is 37.8 Å². The molecule has 1 fully saturated rings. The fourth-order valence-corrected chi connectivity index (χ4v) is 2.72. The zero-order valence-corrected chi connectivity index (χ0v) is 16.2. The molecule has 4 heteroatoms. The van der Waals surface area contributed by atoms with Crippen LogP contribution in [0.1, 0.15) is 40.0 Å². The average molecular weight is 400 g/mol. The SMILES string of the molecule is Br.CC[N+](CC)(CC)C/C=C/CN1CCCCC1.[Br-]. The lowest BCUT2D eigenvalue weighted by Crippen LogP contribution is -3.00. The molecular weight excluding hydrogens is 368 g/mol. The molecule has 0 unspecified atom stereocenters. The highest BCUT2D eigenvalue weighted by Gasteiger charge is 2.18. The minimum absolute atomic E-state index is 0. The predicted molar refractivity (Wildman–Crippen MR) is 86.5 cm³/mol. The number of quaternary nitrogens is 1. The topological polar surface area (TPSA) is 3.24 Å². The third-order valence-corrected chi connectivity index (χ3v) is 4.48. The zero-order valence-electron chi connectivity index (χ0n) is 12.9.